The molecule has 0 aliphatic heterocycles. The summed E-state index contributed by atoms with van der Waals surface area (Å²) in [5.41, 5.74) is 6.06. The van der Waals surface area contributed by atoms with E-state index in [4.69, 9.17) is 0 Å². The fourth-order valence-electron chi connectivity index (χ4n) is 4.10. The van der Waals surface area contributed by atoms with Crippen molar-refractivity contribution < 1.29 is 9.90 Å². The van der Waals surface area contributed by atoms with Gasteiger partial charge in [-0.15, -0.1) is 0 Å². The lowest BCUT2D eigenvalue weighted by Gasteiger charge is -2.14. The number of carbonyl (C=O) groups is 1. The second-order valence-corrected chi connectivity index (χ2v) is 8.05. The number of benzene rings is 3. The molecule has 0 saturated carbocycles. The Hall–Kier alpha value is -4.32. The lowest BCUT2D eigenvalue weighted by Crippen LogP contribution is -2.26. The molecule has 2 heterocycles. The van der Waals surface area contributed by atoms with Gasteiger partial charge < -0.3 is 20.7 Å². The van der Waals surface area contributed by atoms with Crippen LogP contribution in [-0.2, 0) is 6.42 Å². The summed E-state index contributed by atoms with van der Waals surface area (Å²) < 4.78 is 0. The van der Waals surface area contributed by atoms with Gasteiger partial charge in [-0.1, -0.05) is 36.4 Å². The third kappa shape index (κ3) is 4.11. The Balaban J connectivity index is 1.36. The van der Waals surface area contributed by atoms with Crippen molar-refractivity contribution in [2.45, 2.75) is 13.3 Å². The van der Waals surface area contributed by atoms with Crippen molar-refractivity contribution in [3.63, 3.8) is 0 Å². The van der Waals surface area contributed by atoms with Crippen LogP contribution in [0.4, 0.5) is 11.4 Å². The molecule has 0 spiro atoms. The topological polar surface area (TPSA) is 90.0 Å². The number of anilines is 2. The molecule has 0 radical (unpaired) electrons. The van der Waals surface area contributed by atoms with E-state index in [1.165, 1.54) is 10.9 Å². The molecule has 33 heavy (non-hydrogen) atoms. The van der Waals surface area contributed by atoms with Gasteiger partial charge in [-0.05, 0) is 48.7 Å². The largest absolute Gasteiger partial charge is 0.508 e. The maximum Gasteiger partial charge on any atom is 0.253 e. The second-order valence-electron chi connectivity index (χ2n) is 8.05. The fourth-order valence-corrected chi connectivity index (χ4v) is 4.10. The molecule has 5 aromatic rings. The first kappa shape index (κ1) is 20.6. The summed E-state index contributed by atoms with van der Waals surface area (Å²) in [6.45, 7) is 2.50. The van der Waals surface area contributed by atoms with Gasteiger partial charge in [-0.3, -0.25) is 9.78 Å². The highest BCUT2D eigenvalue weighted by Gasteiger charge is 2.14. The zero-order valence-electron chi connectivity index (χ0n) is 18.2. The monoisotopic (exact) mass is 436 g/mol. The van der Waals surface area contributed by atoms with Gasteiger partial charge in [0.25, 0.3) is 5.91 Å². The zero-order valence-corrected chi connectivity index (χ0v) is 18.2. The van der Waals surface area contributed by atoms with Crippen LogP contribution in [0.3, 0.4) is 0 Å². The lowest BCUT2D eigenvalue weighted by atomic mass is 10.1. The Morgan fingerprint density at radius 1 is 1.00 bits per heavy atom. The first-order valence-electron chi connectivity index (χ1n) is 10.9. The Morgan fingerprint density at radius 3 is 2.76 bits per heavy atom. The molecule has 0 aliphatic rings. The molecule has 1 amide bonds. The van der Waals surface area contributed by atoms with Gasteiger partial charge in [-0.2, -0.15) is 0 Å². The molecule has 2 aromatic heterocycles. The van der Waals surface area contributed by atoms with Crippen LogP contribution < -0.4 is 10.6 Å². The predicted molar refractivity (Wildman–Crippen MR) is 132 cm³/mol. The summed E-state index contributed by atoms with van der Waals surface area (Å²) in [4.78, 5) is 20.8. The molecule has 0 fully saturated rings. The minimum Gasteiger partial charge on any atom is -0.508 e. The van der Waals surface area contributed by atoms with E-state index in [0.717, 1.165) is 34.3 Å². The van der Waals surface area contributed by atoms with Crippen LogP contribution in [0.5, 0.6) is 5.75 Å². The number of phenolic OH excluding ortho intramolecular Hbond substituents is 1. The van der Waals surface area contributed by atoms with E-state index in [0.29, 0.717) is 17.6 Å². The highest BCUT2D eigenvalue weighted by atomic mass is 16.3. The van der Waals surface area contributed by atoms with Crippen molar-refractivity contribution in [1.29, 1.82) is 0 Å². The predicted octanol–water partition coefficient (Wildman–Crippen LogP) is 5.45. The third-order valence-electron chi connectivity index (χ3n) is 5.86. The minimum atomic E-state index is -0.154. The van der Waals surface area contributed by atoms with Crippen molar-refractivity contribution in [3.05, 3.63) is 95.8 Å². The summed E-state index contributed by atoms with van der Waals surface area (Å²) in [6.07, 6.45) is 4.42. The fraction of sp³-hybridized carbons (Fsp3) is 0.111. The summed E-state index contributed by atoms with van der Waals surface area (Å²) in [5.74, 6) is 0.0374. The molecule has 164 valence electrons. The van der Waals surface area contributed by atoms with Gasteiger partial charge >= 0.3 is 0 Å². The van der Waals surface area contributed by atoms with Crippen LogP contribution >= 0.6 is 0 Å². The zero-order chi connectivity index (χ0) is 22.8. The Bertz CT molecular complexity index is 1470. The number of aromatic nitrogens is 2. The van der Waals surface area contributed by atoms with E-state index in [2.05, 4.69) is 26.7 Å². The molecule has 3 aromatic carbocycles. The standard InChI is InChI=1S/C27H24N4O2/c1-17-9-10-19(32)15-25(17)31-24-12-14-28-26-21(24)6-4-7-22(26)27(33)29-13-11-18-16-30-23-8-3-2-5-20(18)23/h2-10,12,14-16,30,32H,11,13H2,1H3,(H,28,31)(H,29,33). The van der Waals surface area contributed by atoms with Crippen LogP contribution in [0.2, 0.25) is 0 Å². The number of fused-ring (bicyclic) bond motifs is 2. The molecule has 6 heteroatoms. The van der Waals surface area contributed by atoms with Crippen molar-refractivity contribution in [1.82, 2.24) is 15.3 Å². The number of nitrogens with zero attached hydrogens (tertiary/aromatic N) is 1. The van der Waals surface area contributed by atoms with E-state index < -0.39 is 0 Å². The van der Waals surface area contributed by atoms with E-state index in [1.807, 2.05) is 55.6 Å². The molecule has 5 rings (SSSR count). The number of phenols is 1. The van der Waals surface area contributed by atoms with Gasteiger partial charge in [-0.25, -0.2) is 0 Å². The van der Waals surface area contributed by atoms with E-state index in [-0.39, 0.29) is 11.7 Å². The average molecular weight is 437 g/mol. The number of pyridine rings is 1. The molecule has 0 saturated heterocycles. The second kappa shape index (κ2) is 8.67. The number of rotatable bonds is 6. The van der Waals surface area contributed by atoms with Crippen LogP contribution in [0.15, 0.2) is 79.1 Å². The number of aromatic hydroxyl groups is 1. The number of para-hydroxylation sites is 2. The summed E-state index contributed by atoms with van der Waals surface area (Å²) >= 11 is 0. The Morgan fingerprint density at radius 2 is 1.85 bits per heavy atom. The molecule has 0 atom stereocenters. The van der Waals surface area contributed by atoms with Crippen molar-refractivity contribution in [2.24, 2.45) is 0 Å². The number of hydrogen-bond donors (Lipinski definition) is 4. The number of nitrogens with one attached hydrogen (secondary N) is 3. The van der Waals surface area contributed by atoms with Gasteiger partial charge in [0, 0.05) is 52.7 Å². The van der Waals surface area contributed by atoms with Crippen LogP contribution in [0, 0.1) is 6.92 Å². The van der Waals surface area contributed by atoms with E-state index in [1.54, 1.807) is 24.4 Å². The van der Waals surface area contributed by atoms with Crippen LogP contribution in [0.1, 0.15) is 21.5 Å². The van der Waals surface area contributed by atoms with Gasteiger partial charge in [0.05, 0.1) is 11.1 Å². The molecule has 4 N–H and O–H groups in total. The number of aryl methyl sites for hydroxylation is 1. The number of carbonyl (C=O) groups excluding carboxylic acids is 1. The van der Waals surface area contributed by atoms with Crippen molar-refractivity contribution >= 4 is 39.1 Å². The normalized spacial score (nSPS) is 11.1. The SMILES string of the molecule is Cc1ccc(O)cc1Nc1ccnc2c(C(=O)NCCc3c[nH]c4ccccc34)cccc12. The van der Waals surface area contributed by atoms with Crippen LogP contribution in [0.25, 0.3) is 21.8 Å². The lowest BCUT2D eigenvalue weighted by molar-refractivity contribution is 0.0955. The quantitative estimate of drug-likeness (QED) is 0.285. The van der Waals surface area contributed by atoms with Gasteiger partial charge in [0.15, 0.2) is 0 Å². The summed E-state index contributed by atoms with van der Waals surface area (Å²) in [6, 6.07) is 20.8. The van der Waals surface area contributed by atoms with Crippen molar-refractivity contribution in [3.8, 4) is 5.75 Å². The first-order valence-corrected chi connectivity index (χ1v) is 10.9. The van der Waals surface area contributed by atoms with Crippen molar-refractivity contribution in [2.75, 3.05) is 11.9 Å². The Kier molecular flexibility index (Phi) is 5.40. The number of amides is 1. The molecular formula is C27H24N4O2. The maximum absolute atomic E-state index is 13.0. The van der Waals surface area contributed by atoms with Crippen LogP contribution in [-0.4, -0.2) is 27.5 Å². The molecule has 6 nitrogen and oxygen atoms in total. The number of aromatic amines is 1. The highest BCUT2D eigenvalue weighted by molar-refractivity contribution is 6.08. The Labute approximate surface area is 191 Å². The molecular weight excluding hydrogens is 412 g/mol. The summed E-state index contributed by atoms with van der Waals surface area (Å²) in [7, 11) is 0. The van der Waals surface area contributed by atoms with Gasteiger partial charge in [0.1, 0.15) is 5.75 Å². The third-order valence-corrected chi connectivity index (χ3v) is 5.86. The molecule has 0 aliphatic carbocycles. The summed E-state index contributed by atoms with van der Waals surface area (Å²) in [5, 5.41) is 18.3. The average Bonchev–Trinajstić information content (AvgIpc) is 3.24. The van der Waals surface area contributed by atoms with E-state index >= 15 is 0 Å². The molecule has 0 unspecified atom stereocenters. The number of H-pyrrole nitrogens is 1. The molecule has 0 bridgehead atoms. The number of hydrogen-bond acceptors (Lipinski definition) is 4. The smallest absolute Gasteiger partial charge is 0.253 e. The highest BCUT2D eigenvalue weighted by Crippen LogP contribution is 2.30. The van der Waals surface area contributed by atoms with E-state index in [9.17, 15) is 9.90 Å². The maximum atomic E-state index is 13.0. The minimum absolute atomic E-state index is 0.154. The van der Waals surface area contributed by atoms with Gasteiger partial charge in [0.2, 0.25) is 0 Å². The first-order chi connectivity index (χ1) is 16.1.